The van der Waals surface area contributed by atoms with Gasteiger partial charge in [-0.3, -0.25) is 4.79 Å². The highest BCUT2D eigenvalue weighted by atomic mass is 16.1. The van der Waals surface area contributed by atoms with E-state index >= 15 is 0 Å². The van der Waals surface area contributed by atoms with Crippen LogP contribution in [0.2, 0.25) is 0 Å². The van der Waals surface area contributed by atoms with Crippen LogP contribution in [-0.2, 0) is 0 Å². The molecule has 0 bridgehead atoms. The van der Waals surface area contributed by atoms with Crippen LogP contribution >= 0.6 is 0 Å². The number of benzene rings is 3. The number of nitrogens with zero attached hydrogens (tertiary/aromatic N) is 1. The minimum absolute atomic E-state index is 0.0145. The van der Waals surface area contributed by atoms with Crippen molar-refractivity contribution in [2.24, 2.45) is 0 Å². The Balaban J connectivity index is 1.81. The maximum atomic E-state index is 12.1. The first-order chi connectivity index (χ1) is 11.8. The summed E-state index contributed by atoms with van der Waals surface area (Å²) >= 11 is 0. The Morgan fingerprint density at radius 2 is 1.58 bits per heavy atom. The van der Waals surface area contributed by atoms with Crippen molar-refractivity contribution in [3.05, 3.63) is 102 Å². The number of hydrogen-bond donors (Lipinski definition) is 0. The fourth-order valence-electron chi connectivity index (χ4n) is 2.43. The Bertz CT molecular complexity index is 916. The van der Waals surface area contributed by atoms with Gasteiger partial charge in [0.2, 0.25) is 0 Å². The lowest BCUT2D eigenvalue weighted by Crippen LogP contribution is -1.92. The van der Waals surface area contributed by atoms with Crippen LogP contribution in [0.4, 0.5) is 0 Å². The van der Waals surface area contributed by atoms with Crippen LogP contribution in [0.3, 0.4) is 0 Å². The standard InChI is InChI=1S/C22H15NO/c23-16-18-9-12-19(13-10-18)21-8-4-5-17(15-21)11-14-22(24)20-6-2-1-3-7-20/h1-15H/b14-11+. The second-order valence-electron chi connectivity index (χ2n) is 5.38. The lowest BCUT2D eigenvalue weighted by Gasteiger charge is -2.03. The van der Waals surface area contributed by atoms with Gasteiger partial charge in [-0.25, -0.2) is 0 Å². The molecule has 0 aliphatic rings. The van der Waals surface area contributed by atoms with Gasteiger partial charge in [0.25, 0.3) is 0 Å². The minimum atomic E-state index is -0.0145. The first kappa shape index (κ1) is 15.5. The second kappa shape index (κ2) is 7.21. The Labute approximate surface area is 141 Å². The largest absolute Gasteiger partial charge is 0.289 e. The van der Waals surface area contributed by atoms with E-state index in [1.54, 1.807) is 30.3 Å². The predicted molar refractivity (Wildman–Crippen MR) is 96.4 cm³/mol. The molecule has 0 atom stereocenters. The lowest BCUT2D eigenvalue weighted by atomic mass is 10.0. The number of nitriles is 1. The van der Waals surface area contributed by atoms with E-state index in [1.807, 2.05) is 60.7 Å². The van der Waals surface area contributed by atoms with Gasteiger partial charge >= 0.3 is 0 Å². The molecule has 0 fully saturated rings. The average molecular weight is 309 g/mol. The third-order valence-corrected chi connectivity index (χ3v) is 3.72. The summed E-state index contributed by atoms with van der Waals surface area (Å²) in [4.78, 5) is 12.1. The van der Waals surface area contributed by atoms with Gasteiger partial charge < -0.3 is 0 Å². The summed E-state index contributed by atoms with van der Waals surface area (Å²) in [5, 5.41) is 8.87. The first-order valence-electron chi connectivity index (χ1n) is 7.64. The summed E-state index contributed by atoms with van der Waals surface area (Å²) in [6.07, 6.45) is 3.41. The highest BCUT2D eigenvalue weighted by Crippen LogP contribution is 2.21. The Morgan fingerprint density at radius 3 is 2.29 bits per heavy atom. The van der Waals surface area contributed by atoms with Gasteiger partial charge in [-0.15, -0.1) is 0 Å². The van der Waals surface area contributed by atoms with Crippen LogP contribution < -0.4 is 0 Å². The van der Waals surface area contributed by atoms with E-state index in [9.17, 15) is 4.79 Å². The van der Waals surface area contributed by atoms with Crippen molar-refractivity contribution in [2.75, 3.05) is 0 Å². The van der Waals surface area contributed by atoms with E-state index in [4.69, 9.17) is 5.26 Å². The molecule has 0 saturated heterocycles. The van der Waals surface area contributed by atoms with Crippen molar-refractivity contribution in [1.29, 1.82) is 5.26 Å². The smallest absolute Gasteiger partial charge is 0.185 e. The van der Waals surface area contributed by atoms with E-state index in [0.717, 1.165) is 16.7 Å². The Hall–Kier alpha value is -3.44. The van der Waals surface area contributed by atoms with E-state index < -0.39 is 0 Å². The van der Waals surface area contributed by atoms with Crippen molar-refractivity contribution in [3.8, 4) is 17.2 Å². The number of rotatable bonds is 4. The molecular weight excluding hydrogens is 294 g/mol. The van der Waals surface area contributed by atoms with Gasteiger partial charge in [-0.1, -0.05) is 66.7 Å². The van der Waals surface area contributed by atoms with Crippen LogP contribution in [0.5, 0.6) is 0 Å². The Kier molecular flexibility index (Phi) is 4.65. The van der Waals surface area contributed by atoms with Gasteiger partial charge in [0.1, 0.15) is 0 Å². The molecule has 3 aromatic rings. The van der Waals surface area contributed by atoms with Gasteiger partial charge in [-0.2, -0.15) is 5.26 Å². The van der Waals surface area contributed by atoms with Gasteiger partial charge in [0, 0.05) is 5.56 Å². The van der Waals surface area contributed by atoms with Gasteiger partial charge in [-0.05, 0) is 41.0 Å². The molecule has 24 heavy (non-hydrogen) atoms. The third kappa shape index (κ3) is 3.66. The van der Waals surface area contributed by atoms with Crippen LogP contribution in [0.25, 0.3) is 17.2 Å². The number of hydrogen-bond acceptors (Lipinski definition) is 2. The highest BCUT2D eigenvalue weighted by Gasteiger charge is 2.01. The molecule has 0 radical (unpaired) electrons. The fourth-order valence-corrected chi connectivity index (χ4v) is 2.43. The van der Waals surface area contributed by atoms with Crippen molar-refractivity contribution < 1.29 is 4.79 Å². The molecule has 0 amide bonds. The van der Waals surface area contributed by atoms with Crippen molar-refractivity contribution in [2.45, 2.75) is 0 Å². The zero-order chi connectivity index (χ0) is 16.8. The van der Waals surface area contributed by atoms with Crippen molar-refractivity contribution >= 4 is 11.9 Å². The Morgan fingerprint density at radius 1 is 0.833 bits per heavy atom. The molecular formula is C22H15NO. The lowest BCUT2D eigenvalue weighted by molar-refractivity contribution is 0.104. The molecule has 3 rings (SSSR count). The van der Waals surface area contributed by atoms with Crippen LogP contribution in [-0.4, -0.2) is 5.78 Å². The van der Waals surface area contributed by atoms with Crippen LogP contribution in [0.1, 0.15) is 21.5 Å². The summed E-state index contributed by atoms with van der Waals surface area (Å²) in [6.45, 7) is 0. The SMILES string of the molecule is N#Cc1ccc(-c2cccc(/C=C/C(=O)c3ccccc3)c2)cc1. The highest BCUT2D eigenvalue weighted by molar-refractivity contribution is 6.06. The van der Waals surface area contributed by atoms with Crippen molar-refractivity contribution in [3.63, 3.8) is 0 Å². The zero-order valence-electron chi connectivity index (χ0n) is 13.0. The topological polar surface area (TPSA) is 40.9 Å². The molecule has 0 heterocycles. The van der Waals surface area contributed by atoms with Gasteiger partial charge in [0.05, 0.1) is 11.6 Å². The molecule has 0 saturated carbocycles. The summed E-state index contributed by atoms with van der Waals surface area (Å²) in [7, 11) is 0. The minimum Gasteiger partial charge on any atom is -0.289 e. The number of carbonyl (C=O) groups excluding carboxylic acids is 1. The first-order valence-corrected chi connectivity index (χ1v) is 7.64. The van der Waals surface area contributed by atoms with Crippen molar-refractivity contribution in [1.82, 2.24) is 0 Å². The summed E-state index contributed by atoms with van der Waals surface area (Å²) in [5.41, 5.74) is 4.37. The van der Waals surface area contributed by atoms with E-state index in [2.05, 4.69) is 6.07 Å². The molecule has 0 aromatic heterocycles. The zero-order valence-corrected chi connectivity index (χ0v) is 13.0. The molecule has 0 aliphatic heterocycles. The molecule has 3 aromatic carbocycles. The fraction of sp³-hybridized carbons (Fsp3) is 0. The predicted octanol–water partition coefficient (Wildman–Crippen LogP) is 5.12. The third-order valence-electron chi connectivity index (χ3n) is 3.72. The molecule has 0 N–H and O–H groups in total. The number of allylic oxidation sites excluding steroid dienone is 1. The van der Waals surface area contributed by atoms with Crippen LogP contribution in [0.15, 0.2) is 84.9 Å². The van der Waals surface area contributed by atoms with E-state index in [-0.39, 0.29) is 5.78 Å². The quantitative estimate of drug-likeness (QED) is 0.495. The maximum Gasteiger partial charge on any atom is 0.185 e. The maximum absolute atomic E-state index is 12.1. The summed E-state index contributed by atoms with van der Waals surface area (Å²) in [5.74, 6) is -0.0145. The molecule has 2 nitrogen and oxygen atoms in total. The average Bonchev–Trinajstić information content (AvgIpc) is 2.67. The molecule has 0 spiro atoms. The second-order valence-corrected chi connectivity index (χ2v) is 5.38. The monoisotopic (exact) mass is 309 g/mol. The van der Waals surface area contributed by atoms with E-state index in [0.29, 0.717) is 11.1 Å². The normalized spacial score (nSPS) is 10.5. The number of ketones is 1. The van der Waals surface area contributed by atoms with Crippen LogP contribution in [0, 0.1) is 11.3 Å². The molecule has 0 unspecified atom stereocenters. The molecule has 114 valence electrons. The molecule has 2 heteroatoms. The number of carbonyl (C=O) groups is 1. The van der Waals surface area contributed by atoms with Gasteiger partial charge in [0.15, 0.2) is 5.78 Å². The summed E-state index contributed by atoms with van der Waals surface area (Å²) in [6, 6.07) is 26.7. The summed E-state index contributed by atoms with van der Waals surface area (Å²) < 4.78 is 0. The van der Waals surface area contributed by atoms with E-state index in [1.165, 1.54) is 0 Å². The molecule has 0 aliphatic carbocycles.